The Morgan fingerprint density at radius 3 is 2.37 bits per heavy atom. The summed E-state index contributed by atoms with van der Waals surface area (Å²) >= 11 is 0. The van der Waals surface area contributed by atoms with Gasteiger partial charge in [0.1, 0.15) is 5.82 Å². The number of halogens is 1. The summed E-state index contributed by atoms with van der Waals surface area (Å²) in [4.78, 5) is 12.6. The van der Waals surface area contributed by atoms with Crippen LogP contribution >= 0.6 is 0 Å². The Labute approximate surface area is 159 Å². The van der Waals surface area contributed by atoms with Gasteiger partial charge in [0.15, 0.2) is 6.73 Å². The van der Waals surface area contributed by atoms with E-state index in [0.29, 0.717) is 0 Å². The van der Waals surface area contributed by atoms with Gasteiger partial charge in [-0.25, -0.2) is 4.39 Å². The lowest BCUT2D eigenvalue weighted by molar-refractivity contribution is -0.150. The Kier molecular flexibility index (Phi) is 6.07. The maximum atomic E-state index is 13.2. The van der Waals surface area contributed by atoms with Crippen molar-refractivity contribution in [3.8, 4) is 0 Å². The number of ether oxygens (including phenoxy) is 1. The Bertz CT molecular complexity index is 869. The molecule has 0 bridgehead atoms. The van der Waals surface area contributed by atoms with Crippen LogP contribution in [-0.4, -0.2) is 10.5 Å². The van der Waals surface area contributed by atoms with Gasteiger partial charge >= 0.3 is 5.97 Å². The molecule has 1 aromatic heterocycles. The summed E-state index contributed by atoms with van der Waals surface area (Å²) in [6, 6.07) is 18.3. The SMILES string of the molecule is CC(C)C(C(=O)OCn1ccc(Cc2ccccc2)c1)c1ccc(F)cc1. The third kappa shape index (κ3) is 5.07. The number of nitrogens with zero attached hydrogens (tertiary/aromatic N) is 1. The molecule has 0 aliphatic carbocycles. The van der Waals surface area contributed by atoms with Crippen molar-refractivity contribution in [2.45, 2.75) is 32.9 Å². The highest BCUT2D eigenvalue weighted by Gasteiger charge is 2.25. The van der Waals surface area contributed by atoms with Crippen LogP contribution in [0.1, 0.15) is 36.5 Å². The summed E-state index contributed by atoms with van der Waals surface area (Å²) < 4.78 is 20.6. The van der Waals surface area contributed by atoms with E-state index < -0.39 is 5.92 Å². The number of rotatable bonds is 7. The molecule has 4 heteroatoms. The second-order valence-electron chi connectivity index (χ2n) is 7.06. The third-order valence-corrected chi connectivity index (χ3v) is 4.57. The van der Waals surface area contributed by atoms with E-state index >= 15 is 0 Å². The summed E-state index contributed by atoms with van der Waals surface area (Å²) in [5.74, 6) is -0.964. The molecule has 2 aromatic carbocycles. The number of hydrogen-bond donors (Lipinski definition) is 0. The Balaban J connectivity index is 1.61. The molecule has 0 fully saturated rings. The Hall–Kier alpha value is -2.88. The summed E-state index contributed by atoms with van der Waals surface area (Å²) in [7, 11) is 0. The van der Waals surface area contributed by atoms with Crippen molar-refractivity contribution in [3.63, 3.8) is 0 Å². The number of carbonyl (C=O) groups excluding carboxylic acids is 1. The lowest BCUT2D eigenvalue weighted by Gasteiger charge is -2.20. The van der Waals surface area contributed by atoms with Gasteiger partial charge in [0.05, 0.1) is 5.92 Å². The fraction of sp³-hybridized carbons (Fsp3) is 0.261. The summed E-state index contributed by atoms with van der Waals surface area (Å²) in [6.07, 6.45) is 4.74. The van der Waals surface area contributed by atoms with Gasteiger partial charge in [-0.2, -0.15) is 0 Å². The molecule has 140 valence electrons. The number of carbonyl (C=O) groups is 1. The lowest BCUT2D eigenvalue weighted by atomic mass is 9.88. The molecule has 1 atom stereocenters. The third-order valence-electron chi connectivity index (χ3n) is 4.57. The van der Waals surface area contributed by atoms with E-state index in [4.69, 9.17) is 4.74 Å². The minimum atomic E-state index is -0.412. The highest BCUT2D eigenvalue weighted by atomic mass is 19.1. The van der Waals surface area contributed by atoms with Gasteiger partial charge in [0.2, 0.25) is 0 Å². The van der Waals surface area contributed by atoms with E-state index in [1.165, 1.54) is 17.7 Å². The molecular weight excluding hydrogens is 341 g/mol. The zero-order valence-electron chi connectivity index (χ0n) is 15.6. The molecule has 27 heavy (non-hydrogen) atoms. The predicted molar refractivity (Wildman–Crippen MR) is 104 cm³/mol. The van der Waals surface area contributed by atoms with Gasteiger partial charge in [-0.1, -0.05) is 56.3 Å². The van der Waals surface area contributed by atoms with Gasteiger partial charge < -0.3 is 9.30 Å². The first-order valence-electron chi connectivity index (χ1n) is 9.13. The van der Waals surface area contributed by atoms with Crippen LogP contribution in [0.4, 0.5) is 4.39 Å². The van der Waals surface area contributed by atoms with Crippen molar-refractivity contribution >= 4 is 5.97 Å². The topological polar surface area (TPSA) is 31.2 Å². The quantitative estimate of drug-likeness (QED) is 0.542. The standard InChI is InChI=1S/C23H24FNO2/c1-17(2)22(20-8-10-21(24)11-9-20)23(26)27-16-25-13-12-19(15-25)14-18-6-4-3-5-7-18/h3-13,15,17,22H,14,16H2,1-2H3. The van der Waals surface area contributed by atoms with Crippen molar-refractivity contribution in [1.29, 1.82) is 0 Å². The maximum Gasteiger partial charge on any atom is 0.315 e. The molecule has 3 aromatic rings. The van der Waals surface area contributed by atoms with Crippen molar-refractivity contribution in [3.05, 3.63) is 95.6 Å². The van der Waals surface area contributed by atoms with E-state index in [1.807, 2.05) is 55.1 Å². The smallest absolute Gasteiger partial charge is 0.315 e. The molecule has 3 rings (SSSR count). The van der Waals surface area contributed by atoms with E-state index in [0.717, 1.165) is 17.5 Å². The molecule has 0 amide bonds. The van der Waals surface area contributed by atoms with E-state index in [1.54, 1.807) is 12.1 Å². The molecule has 1 unspecified atom stereocenters. The van der Waals surface area contributed by atoms with Crippen molar-refractivity contribution in [2.24, 2.45) is 5.92 Å². The molecule has 0 aliphatic heterocycles. The number of benzene rings is 2. The number of esters is 1. The first-order chi connectivity index (χ1) is 13.0. The van der Waals surface area contributed by atoms with E-state index in [9.17, 15) is 9.18 Å². The molecule has 0 N–H and O–H groups in total. The summed E-state index contributed by atoms with van der Waals surface area (Å²) in [6.45, 7) is 4.09. The van der Waals surface area contributed by atoms with Crippen LogP contribution in [0.5, 0.6) is 0 Å². The van der Waals surface area contributed by atoms with Gasteiger partial charge in [0.25, 0.3) is 0 Å². The van der Waals surface area contributed by atoms with Gasteiger partial charge in [-0.05, 0) is 47.2 Å². The van der Waals surface area contributed by atoms with E-state index in [-0.39, 0.29) is 24.4 Å². The predicted octanol–water partition coefficient (Wildman–Crippen LogP) is 5.16. The second-order valence-corrected chi connectivity index (χ2v) is 7.06. The normalized spacial score (nSPS) is 12.1. The van der Waals surface area contributed by atoms with Crippen LogP contribution in [0.3, 0.4) is 0 Å². The molecule has 0 radical (unpaired) electrons. The number of aromatic nitrogens is 1. The largest absolute Gasteiger partial charge is 0.443 e. The van der Waals surface area contributed by atoms with Crippen molar-refractivity contribution in [1.82, 2.24) is 4.57 Å². The van der Waals surface area contributed by atoms with E-state index in [2.05, 4.69) is 12.1 Å². The fourth-order valence-corrected chi connectivity index (χ4v) is 3.20. The zero-order valence-corrected chi connectivity index (χ0v) is 15.6. The minimum Gasteiger partial charge on any atom is -0.443 e. The summed E-state index contributed by atoms with van der Waals surface area (Å²) in [5.41, 5.74) is 3.17. The van der Waals surface area contributed by atoms with Crippen molar-refractivity contribution in [2.75, 3.05) is 0 Å². The highest BCUT2D eigenvalue weighted by Crippen LogP contribution is 2.26. The highest BCUT2D eigenvalue weighted by molar-refractivity contribution is 5.78. The molecule has 0 saturated carbocycles. The van der Waals surface area contributed by atoms with Crippen LogP contribution in [0.2, 0.25) is 0 Å². The van der Waals surface area contributed by atoms with Crippen LogP contribution < -0.4 is 0 Å². The molecule has 0 saturated heterocycles. The molecule has 0 spiro atoms. The van der Waals surface area contributed by atoms with Crippen LogP contribution in [-0.2, 0) is 22.7 Å². The molecular formula is C23H24FNO2. The maximum absolute atomic E-state index is 13.2. The first kappa shape index (κ1) is 18.9. The molecule has 1 heterocycles. The Morgan fingerprint density at radius 1 is 1.00 bits per heavy atom. The van der Waals surface area contributed by atoms with Crippen LogP contribution in [0.25, 0.3) is 0 Å². The minimum absolute atomic E-state index is 0.0567. The zero-order chi connectivity index (χ0) is 19.2. The van der Waals surface area contributed by atoms with Gasteiger partial charge in [-0.3, -0.25) is 4.79 Å². The fourth-order valence-electron chi connectivity index (χ4n) is 3.20. The monoisotopic (exact) mass is 365 g/mol. The second kappa shape index (κ2) is 8.67. The van der Waals surface area contributed by atoms with Crippen LogP contribution in [0, 0.1) is 11.7 Å². The molecule has 0 aliphatic rings. The lowest BCUT2D eigenvalue weighted by Crippen LogP contribution is -2.21. The van der Waals surface area contributed by atoms with Gasteiger partial charge in [0, 0.05) is 12.4 Å². The van der Waals surface area contributed by atoms with Crippen molar-refractivity contribution < 1.29 is 13.9 Å². The Morgan fingerprint density at radius 2 is 1.70 bits per heavy atom. The van der Waals surface area contributed by atoms with Crippen LogP contribution in [0.15, 0.2) is 73.1 Å². The van der Waals surface area contributed by atoms with Gasteiger partial charge in [-0.15, -0.1) is 0 Å². The first-order valence-corrected chi connectivity index (χ1v) is 9.13. The summed E-state index contributed by atoms with van der Waals surface area (Å²) in [5, 5.41) is 0. The molecule has 3 nitrogen and oxygen atoms in total. The average Bonchev–Trinajstić information content (AvgIpc) is 3.10. The average molecular weight is 365 g/mol. The number of hydrogen-bond acceptors (Lipinski definition) is 2.